The molecule has 1 aromatic rings. The van der Waals surface area contributed by atoms with Crippen molar-refractivity contribution in [2.45, 2.75) is 19.5 Å². The summed E-state index contributed by atoms with van der Waals surface area (Å²) >= 11 is 0. The summed E-state index contributed by atoms with van der Waals surface area (Å²) in [7, 11) is 4.31. The smallest absolute Gasteiger partial charge is 0.0772 e. The Labute approximate surface area is 103 Å². The van der Waals surface area contributed by atoms with Crippen LogP contribution in [0, 0.1) is 5.92 Å². The second-order valence-corrected chi connectivity index (χ2v) is 5.24. The summed E-state index contributed by atoms with van der Waals surface area (Å²) in [6, 6.07) is 4.44. The molecule has 2 rings (SSSR count). The average molecular weight is 234 g/mol. The van der Waals surface area contributed by atoms with Gasteiger partial charge in [0.2, 0.25) is 0 Å². The van der Waals surface area contributed by atoms with Gasteiger partial charge in [0.05, 0.1) is 11.4 Å². The lowest BCUT2D eigenvalue weighted by Gasteiger charge is -2.22. The maximum Gasteiger partial charge on any atom is 0.0772 e. The fourth-order valence-corrected chi connectivity index (χ4v) is 2.64. The third-order valence-corrected chi connectivity index (χ3v) is 3.61. The van der Waals surface area contributed by atoms with Crippen LogP contribution in [0.25, 0.3) is 0 Å². The highest BCUT2D eigenvalue weighted by molar-refractivity contribution is 5.41. The van der Waals surface area contributed by atoms with Gasteiger partial charge in [-0.3, -0.25) is 9.88 Å². The number of hydrogen-bond donors (Lipinski definition) is 1. The van der Waals surface area contributed by atoms with Crippen LogP contribution in [-0.2, 0) is 6.54 Å². The Morgan fingerprint density at radius 3 is 2.82 bits per heavy atom. The van der Waals surface area contributed by atoms with Crippen LogP contribution in [0.4, 0.5) is 5.69 Å². The number of nitrogens with two attached hydrogens (primary N) is 1. The van der Waals surface area contributed by atoms with Gasteiger partial charge in [-0.05, 0) is 32.1 Å². The molecule has 94 valence electrons. The summed E-state index contributed by atoms with van der Waals surface area (Å²) in [5, 5.41) is 0. The molecule has 0 aromatic carbocycles. The molecule has 1 aromatic heterocycles. The van der Waals surface area contributed by atoms with E-state index in [0.29, 0.717) is 12.0 Å². The molecule has 0 amide bonds. The van der Waals surface area contributed by atoms with Gasteiger partial charge in [0, 0.05) is 31.9 Å². The van der Waals surface area contributed by atoms with Crippen LogP contribution >= 0.6 is 0 Å². The standard InChI is InChI=1S/C13H22N4/c1-10-7-17(9-13(10)16(2)3)8-12-11(14)5-4-6-15-12/h4-6,10,13H,7-9,14H2,1-3H3. The number of nitrogen functional groups attached to an aromatic ring is 1. The highest BCUT2D eigenvalue weighted by atomic mass is 15.2. The summed E-state index contributed by atoms with van der Waals surface area (Å²) in [6.07, 6.45) is 1.81. The van der Waals surface area contributed by atoms with E-state index in [-0.39, 0.29) is 0 Å². The van der Waals surface area contributed by atoms with Crippen LogP contribution in [0.2, 0.25) is 0 Å². The Morgan fingerprint density at radius 2 is 2.24 bits per heavy atom. The lowest BCUT2D eigenvalue weighted by atomic mass is 10.1. The number of rotatable bonds is 3. The van der Waals surface area contributed by atoms with Gasteiger partial charge in [0.1, 0.15) is 0 Å². The minimum atomic E-state index is 0.639. The number of likely N-dealkylation sites (tertiary alicyclic amines) is 1. The van der Waals surface area contributed by atoms with Crippen LogP contribution in [0.5, 0.6) is 0 Å². The maximum atomic E-state index is 5.93. The Morgan fingerprint density at radius 1 is 1.47 bits per heavy atom. The van der Waals surface area contributed by atoms with Gasteiger partial charge < -0.3 is 10.6 Å². The van der Waals surface area contributed by atoms with E-state index in [1.807, 2.05) is 18.3 Å². The largest absolute Gasteiger partial charge is 0.397 e. The van der Waals surface area contributed by atoms with Crippen LogP contribution in [0.15, 0.2) is 18.3 Å². The van der Waals surface area contributed by atoms with Gasteiger partial charge in [0.25, 0.3) is 0 Å². The topological polar surface area (TPSA) is 45.4 Å². The fraction of sp³-hybridized carbons (Fsp3) is 0.615. The third kappa shape index (κ3) is 2.76. The first-order valence-corrected chi connectivity index (χ1v) is 6.16. The molecule has 1 saturated heterocycles. The third-order valence-electron chi connectivity index (χ3n) is 3.61. The molecule has 1 aliphatic rings. The highest BCUT2D eigenvalue weighted by Crippen LogP contribution is 2.22. The summed E-state index contributed by atoms with van der Waals surface area (Å²) in [5.41, 5.74) is 7.73. The number of nitrogens with zero attached hydrogens (tertiary/aromatic N) is 3. The van der Waals surface area contributed by atoms with Crippen molar-refractivity contribution in [3.63, 3.8) is 0 Å². The minimum Gasteiger partial charge on any atom is -0.397 e. The van der Waals surface area contributed by atoms with Crippen LogP contribution in [0.1, 0.15) is 12.6 Å². The van der Waals surface area contributed by atoms with E-state index in [2.05, 4.69) is 35.8 Å². The van der Waals surface area contributed by atoms with Crippen molar-refractivity contribution in [1.82, 2.24) is 14.8 Å². The monoisotopic (exact) mass is 234 g/mol. The zero-order valence-electron chi connectivity index (χ0n) is 10.9. The van der Waals surface area contributed by atoms with E-state index in [1.165, 1.54) is 0 Å². The summed E-state index contributed by atoms with van der Waals surface area (Å²) < 4.78 is 0. The van der Waals surface area contributed by atoms with Crippen molar-refractivity contribution in [3.8, 4) is 0 Å². The Hall–Kier alpha value is -1.13. The van der Waals surface area contributed by atoms with E-state index in [0.717, 1.165) is 31.0 Å². The van der Waals surface area contributed by atoms with Crippen molar-refractivity contribution >= 4 is 5.69 Å². The lowest BCUT2D eigenvalue weighted by Crippen LogP contribution is -2.34. The molecule has 1 fully saturated rings. The molecule has 1 aliphatic heterocycles. The summed E-state index contributed by atoms with van der Waals surface area (Å²) in [4.78, 5) is 9.11. The fourth-order valence-electron chi connectivity index (χ4n) is 2.64. The van der Waals surface area contributed by atoms with Gasteiger partial charge in [-0.15, -0.1) is 0 Å². The number of likely N-dealkylation sites (N-methyl/N-ethyl adjacent to an activating group) is 1. The predicted molar refractivity (Wildman–Crippen MR) is 70.6 cm³/mol. The molecule has 0 spiro atoms. The molecule has 0 bridgehead atoms. The molecule has 4 heteroatoms. The SMILES string of the molecule is CC1CN(Cc2ncccc2N)CC1N(C)C. The normalized spacial score (nSPS) is 25.6. The summed E-state index contributed by atoms with van der Waals surface area (Å²) in [5.74, 6) is 0.704. The molecule has 2 atom stereocenters. The molecule has 0 aliphatic carbocycles. The number of pyridine rings is 1. The van der Waals surface area contributed by atoms with Crippen molar-refractivity contribution in [1.29, 1.82) is 0 Å². The van der Waals surface area contributed by atoms with Crippen LogP contribution in [-0.4, -0.2) is 48.0 Å². The van der Waals surface area contributed by atoms with E-state index in [4.69, 9.17) is 5.73 Å². The molecule has 2 unspecified atom stereocenters. The lowest BCUT2D eigenvalue weighted by molar-refractivity contribution is 0.249. The Bertz CT molecular complexity index is 377. The van der Waals surface area contributed by atoms with Crippen molar-refractivity contribution in [2.24, 2.45) is 5.92 Å². The van der Waals surface area contributed by atoms with E-state index >= 15 is 0 Å². The van der Waals surface area contributed by atoms with E-state index in [9.17, 15) is 0 Å². The maximum absolute atomic E-state index is 5.93. The molecule has 2 N–H and O–H groups in total. The van der Waals surface area contributed by atoms with Gasteiger partial charge in [-0.25, -0.2) is 0 Å². The zero-order chi connectivity index (χ0) is 12.4. The number of aromatic nitrogens is 1. The first-order valence-electron chi connectivity index (χ1n) is 6.16. The number of hydrogen-bond acceptors (Lipinski definition) is 4. The van der Waals surface area contributed by atoms with E-state index < -0.39 is 0 Å². The first kappa shape index (κ1) is 12.3. The molecule has 17 heavy (non-hydrogen) atoms. The second-order valence-electron chi connectivity index (χ2n) is 5.24. The highest BCUT2D eigenvalue weighted by Gasteiger charge is 2.31. The number of anilines is 1. The van der Waals surface area contributed by atoms with Crippen LogP contribution < -0.4 is 5.73 Å². The summed E-state index contributed by atoms with van der Waals surface area (Å²) in [6.45, 7) is 5.40. The predicted octanol–water partition coefficient (Wildman–Crippen LogP) is 1.05. The Balaban J connectivity index is 2.00. The van der Waals surface area contributed by atoms with Crippen molar-refractivity contribution < 1.29 is 0 Å². The van der Waals surface area contributed by atoms with Gasteiger partial charge in [-0.2, -0.15) is 0 Å². The molecule has 2 heterocycles. The molecule has 4 nitrogen and oxygen atoms in total. The Kier molecular flexibility index (Phi) is 3.64. The zero-order valence-corrected chi connectivity index (χ0v) is 10.9. The van der Waals surface area contributed by atoms with Gasteiger partial charge in [0.15, 0.2) is 0 Å². The van der Waals surface area contributed by atoms with Crippen molar-refractivity contribution in [3.05, 3.63) is 24.0 Å². The average Bonchev–Trinajstić information content (AvgIpc) is 2.63. The quantitative estimate of drug-likeness (QED) is 0.849. The minimum absolute atomic E-state index is 0.639. The van der Waals surface area contributed by atoms with Crippen LogP contribution in [0.3, 0.4) is 0 Å². The molecule has 0 radical (unpaired) electrons. The first-order chi connectivity index (χ1) is 8.08. The molecular weight excluding hydrogens is 212 g/mol. The van der Waals surface area contributed by atoms with Crippen molar-refractivity contribution in [2.75, 3.05) is 32.9 Å². The van der Waals surface area contributed by atoms with Gasteiger partial charge in [-0.1, -0.05) is 6.92 Å². The molecule has 0 saturated carbocycles. The molecular formula is C13H22N4. The van der Waals surface area contributed by atoms with E-state index in [1.54, 1.807) is 0 Å². The van der Waals surface area contributed by atoms with Gasteiger partial charge >= 0.3 is 0 Å². The second kappa shape index (κ2) is 5.02.